The second kappa shape index (κ2) is 6.83. The first-order chi connectivity index (χ1) is 10.7. The van der Waals surface area contributed by atoms with Crippen molar-refractivity contribution in [1.29, 1.82) is 0 Å². The number of nitrogens with one attached hydrogen (secondary N) is 1. The van der Waals surface area contributed by atoms with Crippen molar-refractivity contribution in [3.8, 4) is 0 Å². The van der Waals surface area contributed by atoms with Crippen LogP contribution in [0.4, 0.5) is 5.82 Å². The van der Waals surface area contributed by atoms with Crippen molar-refractivity contribution < 1.29 is 0 Å². The standard InChI is InChI=1S/C17H23N5/c1-13-11-17(21-20-14(13)2)19-15-6-9-22(10-7-15)12-16-5-3-4-8-18-16/h3-5,8,11,15H,6-7,9-10,12H2,1-2H3,(H,19,21). The number of piperidine rings is 1. The molecule has 3 heterocycles. The van der Waals surface area contributed by atoms with Crippen LogP contribution >= 0.6 is 0 Å². The van der Waals surface area contributed by atoms with Crippen molar-refractivity contribution in [2.75, 3.05) is 18.4 Å². The van der Waals surface area contributed by atoms with Gasteiger partial charge in [0.25, 0.3) is 0 Å². The molecule has 0 amide bonds. The summed E-state index contributed by atoms with van der Waals surface area (Å²) in [5.74, 6) is 0.895. The molecule has 2 aromatic heterocycles. The van der Waals surface area contributed by atoms with Crippen LogP contribution in [0, 0.1) is 13.8 Å². The number of aryl methyl sites for hydroxylation is 2. The molecule has 0 aromatic carbocycles. The molecule has 5 heteroatoms. The van der Waals surface area contributed by atoms with Crippen LogP contribution in [0.25, 0.3) is 0 Å². The first-order valence-electron chi connectivity index (χ1n) is 7.90. The van der Waals surface area contributed by atoms with Gasteiger partial charge >= 0.3 is 0 Å². The van der Waals surface area contributed by atoms with Gasteiger partial charge in [-0.05, 0) is 50.5 Å². The van der Waals surface area contributed by atoms with Gasteiger partial charge in [0, 0.05) is 31.9 Å². The van der Waals surface area contributed by atoms with E-state index in [-0.39, 0.29) is 0 Å². The zero-order chi connectivity index (χ0) is 15.4. The Morgan fingerprint density at radius 3 is 2.68 bits per heavy atom. The highest BCUT2D eigenvalue weighted by atomic mass is 15.2. The molecule has 1 aliphatic rings. The van der Waals surface area contributed by atoms with E-state index in [1.165, 1.54) is 5.56 Å². The summed E-state index contributed by atoms with van der Waals surface area (Å²) in [4.78, 5) is 6.87. The Balaban J connectivity index is 1.50. The zero-order valence-electron chi connectivity index (χ0n) is 13.3. The van der Waals surface area contributed by atoms with Crippen LogP contribution in [0.15, 0.2) is 30.5 Å². The van der Waals surface area contributed by atoms with E-state index >= 15 is 0 Å². The van der Waals surface area contributed by atoms with E-state index < -0.39 is 0 Å². The van der Waals surface area contributed by atoms with E-state index in [1.807, 2.05) is 19.2 Å². The third-order valence-electron chi connectivity index (χ3n) is 4.28. The molecule has 1 fully saturated rings. The fourth-order valence-corrected chi connectivity index (χ4v) is 2.78. The van der Waals surface area contributed by atoms with Crippen molar-refractivity contribution >= 4 is 5.82 Å². The summed E-state index contributed by atoms with van der Waals surface area (Å²) in [5.41, 5.74) is 3.33. The van der Waals surface area contributed by atoms with E-state index in [9.17, 15) is 0 Å². The number of pyridine rings is 1. The highest BCUT2D eigenvalue weighted by Gasteiger charge is 2.19. The van der Waals surface area contributed by atoms with Crippen molar-refractivity contribution in [3.05, 3.63) is 47.4 Å². The number of nitrogens with zero attached hydrogens (tertiary/aromatic N) is 4. The molecule has 1 N–H and O–H groups in total. The minimum absolute atomic E-state index is 0.483. The molecule has 0 unspecified atom stereocenters. The molecule has 5 nitrogen and oxygen atoms in total. The van der Waals surface area contributed by atoms with Gasteiger partial charge in [0.1, 0.15) is 5.82 Å². The SMILES string of the molecule is Cc1cc(NC2CCN(Cc3ccccn3)CC2)nnc1C. The molecule has 3 rings (SSSR count). The van der Waals surface area contributed by atoms with Gasteiger partial charge in [-0.2, -0.15) is 5.10 Å². The van der Waals surface area contributed by atoms with Crippen molar-refractivity contribution in [2.24, 2.45) is 0 Å². The molecule has 1 aliphatic heterocycles. The van der Waals surface area contributed by atoms with Crippen LogP contribution in [-0.4, -0.2) is 39.2 Å². The smallest absolute Gasteiger partial charge is 0.149 e. The van der Waals surface area contributed by atoms with Crippen LogP contribution in [-0.2, 0) is 6.54 Å². The predicted molar refractivity (Wildman–Crippen MR) is 87.7 cm³/mol. The minimum Gasteiger partial charge on any atom is -0.366 e. The Morgan fingerprint density at radius 1 is 1.18 bits per heavy atom. The van der Waals surface area contributed by atoms with Crippen molar-refractivity contribution in [2.45, 2.75) is 39.3 Å². The number of rotatable bonds is 4. The van der Waals surface area contributed by atoms with Gasteiger partial charge in [-0.25, -0.2) is 0 Å². The monoisotopic (exact) mass is 297 g/mol. The quantitative estimate of drug-likeness (QED) is 0.940. The van der Waals surface area contributed by atoms with Gasteiger partial charge in [0.05, 0.1) is 11.4 Å². The number of likely N-dealkylation sites (tertiary alicyclic amines) is 1. The Hall–Kier alpha value is -2.01. The topological polar surface area (TPSA) is 53.9 Å². The fraction of sp³-hybridized carbons (Fsp3) is 0.471. The Bertz CT molecular complexity index is 606. The first kappa shape index (κ1) is 14.9. The highest BCUT2D eigenvalue weighted by Crippen LogP contribution is 2.17. The maximum absolute atomic E-state index is 4.40. The van der Waals surface area contributed by atoms with Crippen LogP contribution in [0.1, 0.15) is 29.8 Å². The van der Waals surface area contributed by atoms with Gasteiger partial charge < -0.3 is 5.32 Å². The van der Waals surface area contributed by atoms with Crippen LogP contribution < -0.4 is 5.32 Å². The molecule has 2 aromatic rings. The van der Waals surface area contributed by atoms with Gasteiger partial charge in [0.2, 0.25) is 0 Å². The molecule has 0 atom stereocenters. The number of anilines is 1. The van der Waals surface area contributed by atoms with Crippen molar-refractivity contribution in [3.63, 3.8) is 0 Å². The summed E-state index contributed by atoms with van der Waals surface area (Å²) < 4.78 is 0. The van der Waals surface area contributed by atoms with Crippen LogP contribution in [0.5, 0.6) is 0 Å². The normalized spacial score (nSPS) is 16.6. The number of hydrogen-bond donors (Lipinski definition) is 1. The average molecular weight is 297 g/mol. The maximum Gasteiger partial charge on any atom is 0.149 e. The first-order valence-corrected chi connectivity index (χ1v) is 7.90. The van der Waals surface area contributed by atoms with Gasteiger partial charge in [-0.1, -0.05) is 6.07 Å². The van der Waals surface area contributed by atoms with Gasteiger partial charge in [-0.15, -0.1) is 5.10 Å². The predicted octanol–water partition coefficient (Wildman–Crippen LogP) is 2.56. The minimum atomic E-state index is 0.483. The zero-order valence-corrected chi connectivity index (χ0v) is 13.3. The Labute approximate surface area is 131 Å². The molecule has 1 saturated heterocycles. The second-order valence-corrected chi connectivity index (χ2v) is 6.01. The molecule has 22 heavy (non-hydrogen) atoms. The second-order valence-electron chi connectivity index (χ2n) is 6.01. The Kier molecular flexibility index (Phi) is 4.63. The third-order valence-corrected chi connectivity index (χ3v) is 4.28. The molecule has 0 saturated carbocycles. The lowest BCUT2D eigenvalue weighted by molar-refractivity contribution is 0.209. The summed E-state index contributed by atoms with van der Waals surface area (Å²) in [7, 11) is 0. The summed E-state index contributed by atoms with van der Waals surface area (Å²) in [6.45, 7) is 7.18. The number of hydrogen-bond acceptors (Lipinski definition) is 5. The summed E-state index contributed by atoms with van der Waals surface area (Å²) in [5, 5.41) is 11.9. The van der Waals surface area contributed by atoms with E-state index in [0.717, 1.165) is 49.7 Å². The summed E-state index contributed by atoms with van der Waals surface area (Å²) >= 11 is 0. The van der Waals surface area contributed by atoms with Gasteiger partial charge in [-0.3, -0.25) is 9.88 Å². The summed E-state index contributed by atoms with van der Waals surface area (Å²) in [6.07, 6.45) is 4.12. The average Bonchev–Trinajstić information content (AvgIpc) is 2.54. The lowest BCUT2D eigenvalue weighted by Gasteiger charge is -2.32. The maximum atomic E-state index is 4.40. The molecular formula is C17H23N5. The molecule has 0 aliphatic carbocycles. The van der Waals surface area contributed by atoms with E-state index in [1.54, 1.807) is 0 Å². The molecule has 0 spiro atoms. The highest BCUT2D eigenvalue weighted by molar-refractivity contribution is 5.38. The van der Waals surface area contributed by atoms with Crippen LogP contribution in [0.2, 0.25) is 0 Å². The van der Waals surface area contributed by atoms with E-state index in [0.29, 0.717) is 6.04 Å². The number of aromatic nitrogens is 3. The van der Waals surface area contributed by atoms with E-state index in [2.05, 4.69) is 50.5 Å². The fourth-order valence-electron chi connectivity index (χ4n) is 2.78. The van der Waals surface area contributed by atoms with E-state index in [4.69, 9.17) is 0 Å². The van der Waals surface area contributed by atoms with Crippen molar-refractivity contribution in [1.82, 2.24) is 20.1 Å². The largest absolute Gasteiger partial charge is 0.366 e. The lowest BCUT2D eigenvalue weighted by atomic mass is 10.0. The third kappa shape index (κ3) is 3.80. The Morgan fingerprint density at radius 2 is 2.00 bits per heavy atom. The molecule has 116 valence electrons. The molecular weight excluding hydrogens is 274 g/mol. The lowest BCUT2D eigenvalue weighted by Crippen LogP contribution is -2.39. The van der Waals surface area contributed by atoms with Crippen LogP contribution in [0.3, 0.4) is 0 Å². The summed E-state index contributed by atoms with van der Waals surface area (Å²) in [6, 6.07) is 8.67. The molecule has 0 bridgehead atoms. The molecule has 0 radical (unpaired) electrons. The van der Waals surface area contributed by atoms with Gasteiger partial charge in [0.15, 0.2) is 0 Å².